The van der Waals surface area contributed by atoms with Crippen molar-refractivity contribution in [3.63, 3.8) is 0 Å². The van der Waals surface area contributed by atoms with Gasteiger partial charge in [-0.3, -0.25) is 9.97 Å². The zero-order chi connectivity index (χ0) is 70.1. The minimum absolute atomic E-state index is 0.587. The van der Waals surface area contributed by atoms with E-state index in [-0.39, 0.29) is 0 Å². The molecule has 0 aliphatic carbocycles. The van der Waals surface area contributed by atoms with Gasteiger partial charge in [0.2, 0.25) is 0 Å². The zero-order valence-electron chi connectivity index (χ0n) is 56.7. The van der Waals surface area contributed by atoms with Crippen LogP contribution in [-0.4, -0.2) is 19.9 Å². The van der Waals surface area contributed by atoms with Crippen LogP contribution in [0.4, 0.5) is 0 Å². The first-order valence-corrected chi connectivity index (χ1v) is 35.4. The van der Waals surface area contributed by atoms with Crippen LogP contribution in [0.2, 0.25) is 0 Å². The molecule has 17 aromatic carbocycles. The lowest BCUT2D eigenvalue weighted by molar-refractivity contribution is 0.486. The van der Waals surface area contributed by atoms with Crippen molar-refractivity contribution in [2.24, 2.45) is 0 Å². The van der Waals surface area contributed by atoms with E-state index in [9.17, 15) is 10.5 Å². The Morgan fingerprint density at radius 3 is 0.981 bits per heavy atom. The zero-order valence-corrected chi connectivity index (χ0v) is 56.7. The summed E-state index contributed by atoms with van der Waals surface area (Å²) < 4.78 is 12.8. The maximum absolute atomic E-state index is 9.46. The van der Waals surface area contributed by atoms with E-state index in [1.54, 1.807) is 0 Å². The third-order valence-corrected chi connectivity index (χ3v) is 21.2. The normalized spacial score (nSPS) is 11.9. The molecular formula is C98H54N6O2. The van der Waals surface area contributed by atoms with Gasteiger partial charge in [0.1, 0.15) is 23.0 Å². The van der Waals surface area contributed by atoms with Gasteiger partial charge in [0.15, 0.2) is 5.82 Å². The summed E-state index contributed by atoms with van der Waals surface area (Å²) in [4.78, 5) is 19.6. The number of fused-ring (bicyclic) bond motifs is 4. The van der Waals surface area contributed by atoms with Crippen LogP contribution >= 0.6 is 0 Å². The van der Waals surface area contributed by atoms with Gasteiger partial charge in [-0.25, -0.2) is 9.97 Å². The molecule has 5 heterocycles. The molecule has 0 atom stereocenters. The fraction of sp³-hybridized carbons (Fsp3) is 0. The molecule has 0 N–H and O–H groups in total. The number of nitriles is 2. The van der Waals surface area contributed by atoms with Crippen LogP contribution in [0.5, 0.6) is 23.0 Å². The van der Waals surface area contributed by atoms with E-state index in [2.05, 4.69) is 228 Å². The largest absolute Gasteiger partial charge is 0.456 e. The highest BCUT2D eigenvalue weighted by atomic mass is 16.5. The maximum Gasteiger partial charge on any atom is 0.160 e. The van der Waals surface area contributed by atoms with Crippen molar-refractivity contribution in [2.75, 3.05) is 0 Å². The molecule has 3 aromatic heterocycles. The minimum Gasteiger partial charge on any atom is -0.456 e. The van der Waals surface area contributed by atoms with Crippen LogP contribution in [-0.2, 0) is 0 Å². The number of hydrogen-bond acceptors (Lipinski definition) is 8. The van der Waals surface area contributed by atoms with E-state index >= 15 is 0 Å². The number of aromatic nitrogens is 4. The van der Waals surface area contributed by atoms with Crippen molar-refractivity contribution in [2.45, 2.75) is 0 Å². The van der Waals surface area contributed by atoms with E-state index in [1.165, 1.54) is 59.4 Å². The minimum atomic E-state index is 0.587. The summed E-state index contributed by atoms with van der Waals surface area (Å²) in [6, 6.07) is 115. The van der Waals surface area contributed by atoms with Gasteiger partial charge in [-0.05, 0) is 266 Å². The van der Waals surface area contributed by atoms with E-state index in [4.69, 9.17) is 19.4 Å². The molecule has 0 amide bonds. The summed E-state index contributed by atoms with van der Waals surface area (Å²) in [5, 5.41) is 38.0. The summed E-state index contributed by atoms with van der Waals surface area (Å²) >= 11 is 0. The quantitative estimate of drug-likeness (QED) is 0.138. The average Bonchev–Trinajstić information content (AvgIpc) is 0.736. The van der Waals surface area contributed by atoms with Crippen LogP contribution in [0, 0.1) is 22.7 Å². The third-order valence-electron chi connectivity index (χ3n) is 21.2. The molecule has 20 aromatic rings. The molecule has 106 heavy (non-hydrogen) atoms. The van der Waals surface area contributed by atoms with Gasteiger partial charge >= 0.3 is 0 Å². The molecule has 0 fully saturated rings. The van der Waals surface area contributed by atoms with Gasteiger partial charge in [-0.2, -0.15) is 10.5 Å². The van der Waals surface area contributed by atoms with Gasteiger partial charge in [-0.15, -0.1) is 0 Å². The predicted octanol–water partition coefficient (Wildman–Crippen LogP) is 25.7. The molecule has 2 aliphatic rings. The van der Waals surface area contributed by atoms with Gasteiger partial charge in [-0.1, -0.05) is 170 Å². The van der Waals surface area contributed by atoms with Crippen molar-refractivity contribution in [1.29, 1.82) is 10.5 Å². The Kier molecular flexibility index (Phi) is 13.6. The van der Waals surface area contributed by atoms with Gasteiger partial charge in [0, 0.05) is 62.1 Å². The summed E-state index contributed by atoms with van der Waals surface area (Å²) in [6.45, 7) is 0. The first kappa shape index (κ1) is 60.1. The number of rotatable bonds is 8. The fourth-order valence-electron chi connectivity index (χ4n) is 16.4. The molecule has 8 nitrogen and oxygen atoms in total. The Morgan fingerprint density at radius 2 is 0.585 bits per heavy atom. The second-order valence-electron chi connectivity index (χ2n) is 27.4. The van der Waals surface area contributed by atoms with Crippen molar-refractivity contribution in [3.05, 3.63) is 339 Å². The lowest BCUT2D eigenvalue weighted by atomic mass is 9.86. The summed E-state index contributed by atoms with van der Waals surface area (Å²) in [5.41, 5.74) is 21.2. The second kappa shape index (κ2) is 24.0. The van der Waals surface area contributed by atoms with Gasteiger partial charge < -0.3 is 9.47 Å². The lowest BCUT2D eigenvalue weighted by Gasteiger charge is -2.23. The monoisotopic (exact) mass is 1350 g/mol. The molecule has 2 aliphatic heterocycles. The first-order valence-electron chi connectivity index (χ1n) is 35.4. The standard InChI is InChI=1S/2C49H27N3O/c50-28-29-10-15-40-42-17-16-39(41-6-5-9-45(49(41)42)53-46(40)20-29)36-23-32-13-11-30-21-34(22-31-12-14-33(24-36)48(32)47(30)31)35-25-37(43-7-1-3-18-51-43)27-38(26-35)44-8-2-4-19-52-44;50-28-29-14-19-39-41-21-20-38(40-12-7-13-44(48(40)41)53-45(39)22-29)36-23-32-15-17-34-25-37(26-35-18-16-33(24-36)46(32)47(34)35)49-51-42(30-8-3-1-4-9-30)27-43(52-49)31-10-5-2-6-11-31/h2*1-27H. The number of pyridine rings is 2. The predicted molar refractivity (Wildman–Crippen MR) is 430 cm³/mol. The average molecular weight is 1350 g/mol. The van der Waals surface area contributed by atoms with Crippen molar-refractivity contribution in [3.8, 4) is 147 Å². The number of benzene rings is 17. The second-order valence-corrected chi connectivity index (χ2v) is 27.4. The topological polar surface area (TPSA) is 118 Å². The van der Waals surface area contributed by atoms with Crippen molar-refractivity contribution >= 4 is 86.2 Å². The molecule has 8 heteroatoms. The molecule has 22 rings (SSSR count). The first-order chi connectivity index (χ1) is 52.4. The Morgan fingerprint density at radius 1 is 0.226 bits per heavy atom. The molecule has 0 unspecified atom stereocenters. The van der Waals surface area contributed by atoms with Crippen LogP contribution in [0.15, 0.2) is 328 Å². The third kappa shape index (κ3) is 9.89. The Labute approximate surface area is 608 Å². The molecule has 488 valence electrons. The highest BCUT2D eigenvalue weighted by molar-refractivity contribution is 6.27. The molecule has 0 spiro atoms. The Hall–Kier alpha value is -14.7. The highest BCUT2D eigenvalue weighted by Gasteiger charge is 2.26. The van der Waals surface area contributed by atoms with E-state index < -0.39 is 0 Å². The summed E-state index contributed by atoms with van der Waals surface area (Å²) in [6.07, 6.45) is 3.68. The van der Waals surface area contributed by atoms with Gasteiger partial charge in [0.05, 0.1) is 46.0 Å². The molecule has 0 radical (unpaired) electrons. The Balaban J connectivity index is 0.000000136. The van der Waals surface area contributed by atoms with E-state index in [0.717, 1.165) is 156 Å². The lowest BCUT2D eigenvalue weighted by Crippen LogP contribution is -1.98. The van der Waals surface area contributed by atoms with Crippen LogP contribution in [0.25, 0.3) is 198 Å². The smallest absolute Gasteiger partial charge is 0.160 e. The molecule has 0 saturated carbocycles. The van der Waals surface area contributed by atoms with Crippen molar-refractivity contribution < 1.29 is 9.47 Å². The van der Waals surface area contributed by atoms with Crippen molar-refractivity contribution in [1.82, 2.24) is 19.9 Å². The summed E-state index contributed by atoms with van der Waals surface area (Å²) in [7, 11) is 0. The Bertz CT molecular complexity index is 6470. The summed E-state index contributed by atoms with van der Waals surface area (Å²) in [5.74, 6) is 3.77. The van der Waals surface area contributed by atoms with Crippen LogP contribution in [0.1, 0.15) is 11.1 Å². The SMILES string of the molecule is N#Cc1ccc2c(c1)Oc1cccc3c(-c4cc5ccc6cc(-c7cc(-c8ccccn8)cc(-c8ccccn8)c7)cc7ccc(c4)c5c67)ccc-2c13.N#Cc1ccc2c(c1)Oc1cccc3c(-c4cc5ccc6cc(-c7nc(-c8ccccc8)cc(-c8ccccc8)n7)cc7ccc(c4)c5c67)ccc-2c13. The maximum atomic E-state index is 9.46. The van der Waals surface area contributed by atoms with E-state index in [1.807, 2.05) is 122 Å². The van der Waals surface area contributed by atoms with Crippen LogP contribution in [0.3, 0.4) is 0 Å². The molecular weight excluding hydrogens is 1290 g/mol. The van der Waals surface area contributed by atoms with E-state index in [0.29, 0.717) is 17.0 Å². The highest BCUT2D eigenvalue weighted by Crippen LogP contribution is 2.53. The molecule has 0 bridgehead atoms. The fourth-order valence-corrected chi connectivity index (χ4v) is 16.4. The molecule has 0 saturated heterocycles. The number of hydrogen-bond donors (Lipinski definition) is 0. The number of ether oxygens (including phenoxy) is 2. The number of nitrogens with zero attached hydrogens (tertiary/aromatic N) is 6. The van der Waals surface area contributed by atoms with Crippen LogP contribution < -0.4 is 9.47 Å². The van der Waals surface area contributed by atoms with Gasteiger partial charge in [0.25, 0.3) is 0 Å².